The number of alkyl halides is 3. The normalized spacial score (nSPS) is 15.2. The Morgan fingerprint density at radius 2 is 1.92 bits per heavy atom. The van der Waals surface area contributed by atoms with Crippen LogP contribution < -0.4 is 4.74 Å². The lowest BCUT2D eigenvalue weighted by Gasteiger charge is -2.08. The van der Waals surface area contributed by atoms with Crippen LogP contribution in [-0.2, 0) is 13.0 Å². The van der Waals surface area contributed by atoms with Crippen LogP contribution in [0.25, 0.3) is 11.6 Å². The van der Waals surface area contributed by atoms with Crippen molar-refractivity contribution in [3.63, 3.8) is 0 Å². The highest BCUT2D eigenvalue weighted by molar-refractivity contribution is 5.87. The second kappa shape index (κ2) is 6.97. The first-order chi connectivity index (χ1) is 12.0. The van der Waals surface area contributed by atoms with Crippen molar-refractivity contribution in [2.75, 3.05) is 0 Å². The van der Waals surface area contributed by atoms with Gasteiger partial charge in [0.25, 0.3) is 0 Å². The molecule has 0 saturated heterocycles. The number of halogens is 3. The van der Waals surface area contributed by atoms with Crippen molar-refractivity contribution in [2.45, 2.75) is 38.6 Å². The summed E-state index contributed by atoms with van der Waals surface area (Å²) >= 11 is 0. The maximum Gasteiger partial charge on any atom is 0.573 e. The second-order valence-electron chi connectivity index (χ2n) is 5.69. The number of nitrogens with zero attached hydrogens (tertiary/aromatic N) is 4. The van der Waals surface area contributed by atoms with Gasteiger partial charge in [0.2, 0.25) is 0 Å². The highest BCUT2D eigenvalue weighted by Crippen LogP contribution is 2.25. The standard InChI is InChI=1S/C17H15F3N4O/c18-17(19,20)25-14-7-5-12(6-8-14)10-13(11-21)16-23-22-15-4-2-1-3-9-24(15)16/h5-8,10H,1-4,9H2. The van der Waals surface area contributed by atoms with Gasteiger partial charge in [-0.1, -0.05) is 18.6 Å². The van der Waals surface area contributed by atoms with E-state index >= 15 is 0 Å². The molecule has 25 heavy (non-hydrogen) atoms. The van der Waals surface area contributed by atoms with Gasteiger partial charge in [-0.25, -0.2) is 0 Å². The number of allylic oxidation sites excluding steroid dienone is 1. The molecule has 1 aromatic carbocycles. The molecule has 130 valence electrons. The number of benzene rings is 1. The fraction of sp³-hybridized carbons (Fsp3) is 0.353. The van der Waals surface area contributed by atoms with E-state index in [9.17, 15) is 18.4 Å². The Balaban J connectivity index is 1.86. The summed E-state index contributed by atoms with van der Waals surface area (Å²) in [6, 6.07) is 7.43. The Hall–Kier alpha value is -2.82. The van der Waals surface area contributed by atoms with Crippen LogP contribution in [0, 0.1) is 11.3 Å². The van der Waals surface area contributed by atoms with Crippen molar-refractivity contribution in [3.8, 4) is 11.8 Å². The quantitative estimate of drug-likeness (QED) is 0.788. The number of nitriles is 1. The van der Waals surface area contributed by atoms with Gasteiger partial charge in [0.1, 0.15) is 17.6 Å². The number of rotatable bonds is 3. The van der Waals surface area contributed by atoms with E-state index in [1.165, 1.54) is 24.3 Å². The summed E-state index contributed by atoms with van der Waals surface area (Å²) in [5.74, 6) is 1.05. The predicted molar refractivity (Wildman–Crippen MR) is 84.2 cm³/mol. The van der Waals surface area contributed by atoms with Crippen LogP contribution in [0.4, 0.5) is 13.2 Å². The van der Waals surface area contributed by atoms with E-state index in [2.05, 4.69) is 21.0 Å². The molecule has 0 N–H and O–H groups in total. The number of ether oxygens (including phenoxy) is 1. The van der Waals surface area contributed by atoms with Gasteiger partial charge in [-0.05, 0) is 36.6 Å². The first-order valence-corrected chi connectivity index (χ1v) is 7.86. The molecule has 8 heteroatoms. The van der Waals surface area contributed by atoms with Crippen LogP contribution >= 0.6 is 0 Å². The van der Waals surface area contributed by atoms with Crippen molar-refractivity contribution < 1.29 is 17.9 Å². The van der Waals surface area contributed by atoms with Gasteiger partial charge in [0.15, 0.2) is 5.82 Å². The monoisotopic (exact) mass is 348 g/mol. The summed E-state index contributed by atoms with van der Waals surface area (Å²) < 4.78 is 42.4. The number of aromatic nitrogens is 3. The minimum atomic E-state index is -4.73. The molecule has 2 heterocycles. The van der Waals surface area contributed by atoms with Crippen LogP contribution in [0.15, 0.2) is 24.3 Å². The van der Waals surface area contributed by atoms with E-state index < -0.39 is 6.36 Å². The average Bonchev–Trinajstić information content (AvgIpc) is 2.81. The van der Waals surface area contributed by atoms with E-state index in [0.29, 0.717) is 17.0 Å². The van der Waals surface area contributed by atoms with Crippen molar-refractivity contribution in [1.82, 2.24) is 14.8 Å². The van der Waals surface area contributed by atoms with Gasteiger partial charge < -0.3 is 9.30 Å². The molecule has 3 rings (SSSR count). The van der Waals surface area contributed by atoms with E-state index in [1.807, 2.05) is 4.57 Å². The number of fused-ring (bicyclic) bond motifs is 1. The molecule has 0 unspecified atom stereocenters. The number of hydrogen-bond donors (Lipinski definition) is 0. The fourth-order valence-corrected chi connectivity index (χ4v) is 2.76. The third kappa shape index (κ3) is 4.18. The summed E-state index contributed by atoms with van der Waals surface area (Å²) in [4.78, 5) is 0. The molecule has 0 saturated carbocycles. The van der Waals surface area contributed by atoms with Crippen LogP contribution in [0.1, 0.15) is 36.5 Å². The van der Waals surface area contributed by atoms with E-state index in [0.717, 1.165) is 38.1 Å². The Morgan fingerprint density at radius 3 is 2.60 bits per heavy atom. The maximum absolute atomic E-state index is 12.2. The molecular weight excluding hydrogens is 333 g/mol. The average molecular weight is 348 g/mol. The molecule has 0 radical (unpaired) electrons. The third-order valence-corrected chi connectivity index (χ3v) is 3.90. The van der Waals surface area contributed by atoms with E-state index in [4.69, 9.17) is 0 Å². The lowest BCUT2D eigenvalue weighted by molar-refractivity contribution is -0.274. The molecule has 0 aliphatic carbocycles. The largest absolute Gasteiger partial charge is 0.573 e. The van der Waals surface area contributed by atoms with Gasteiger partial charge in [0.05, 0.1) is 5.57 Å². The summed E-state index contributed by atoms with van der Waals surface area (Å²) in [6.45, 7) is 0.759. The van der Waals surface area contributed by atoms with Gasteiger partial charge in [-0.3, -0.25) is 0 Å². The van der Waals surface area contributed by atoms with Crippen LogP contribution in [0.3, 0.4) is 0 Å². The lowest BCUT2D eigenvalue weighted by Crippen LogP contribution is -2.16. The smallest absolute Gasteiger partial charge is 0.406 e. The van der Waals surface area contributed by atoms with E-state index in [-0.39, 0.29) is 5.75 Å². The van der Waals surface area contributed by atoms with Gasteiger partial charge >= 0.3 is 6.36 Å². The molecule has 1 aliphatic heterocycles. The van der Waals surface area contributed by atoms with Crippen molar-refractivity contribution >= 4 is 11.6 Å². The second-order valence-corrected chi connectivity index (χ2v) is 5.69. The van der Waals surface area contributed by atoms with Crippen LogP contribution in [0.5, 0.6) is 5.75 Å². The summed E-state index contributed by atoms with van der Waals surface area (Å²) in [5.41, 5.74) is 0.905. The summed E-state index contributed by atoms with van der Waals surface area (Å²) in [6.07, 6.45) is 0.836. The zero-order chi connectivity index (χ0) is 17.9. The number of aryl methyl sites for hydroxylation is 1. The zero-order valence-corrected chi connectivity index (χ0v) is 13.3. The van der Waals surface area contributed by atoms with Crippen molar-refractivity contribution in [2.24, 2.45) is 0 Å². The number of hydrogen-bond acceptors (Lipinski definition) is 4. The molecule has 2 aromatic rings. The fourth-order valence-electron chi connectivity index (χ4n) is 2.76. The van der Waals surface area contributed by atoms with Crippen molar-refractivity contribution in [3.05, 3.63) is 41.5 Å². The minimum Gasteiger partial charge on any atom is -0.406 e. The molecule has 0 amide bonds. The van der Waals surface area contributed by atoms with Gasteiger partial charge in [-0.15, -0.1) is 23.4 Å². The predicted octanol–water partition coefficient (Wildman–Crippen LogP) is 3.97. The summed E-state index contributed by atoms with van der Waals surface area (Å²) in [5, 5.41) is 17.7. The maximum atomic E-state index is 12.2. The van der Waals surface area contributed by atoms with Crippen LogP contribution in [-0.4, -0.2) is 21.1 Å². The minimum absolute atomic E-state index is 0.306. The Labute approximate surface area is 142 Å². The molecule has 0 atom stereocenters. The Morgan fingerprint density at radius 1 is 1.16 bits per heavy atom. The van der Waals surface area contributed by atoms with Crippen LogP contribution in [0.2, 0.25) is 0 Å². The first kappa shape index (κ1) is 17.0. The van der Waals surface area contributed by atoms with E-state index in [1.54, 1.807) is 6.08 Å². The molecule has 1 aliphatic rings. The van der Waals surface area contributed by atoms with Gasteiger partial charge in [0, 0.05) is 13.0 Å². The Bertz CT molecular complexity index is 816. The SMILES string of the molecule is N#CC(=Cc1ccc(OC(F)(F)F)cc1)c1nnc2n1CCCCC2. The lowest BCUT2D eigenvalue weighted by atomic mass is 10.1. The molecule has 0 spiro atoms. The topological polar surface area (TPSA) is 63.7 Å². The van der Waals surface area contributed by atoms with Crippen molar-refractivity contribution in [1.29, 1.82) is 5.26 Å². The highest BCUT2D eigenvalue weighted by atomic mass is 19.4. The summed E-state index contributed by atoms with van der Waals surface area (Å²) in [7, 11) is 0. The molecule has 0 fully saturated rings. The first-order valence-electron chi connectivity index (χ1n) is 7.86. The highest BCUT2D eigenvalue weighted by Gasteiger charge is 2.30. The zero-order valence-electron chi connectivity index (χ0n) is 13.3. The molecule has 1 aromatic heterocycles. The van der Waals surface area contributed by atoms with Gasteiger partial charge in [-0.2, -0.15) is 5.26 Å². The molecule has 5 nitrogen and oxygen atoms in total. The molecular formula is C17H15F3N4O. The Kier molecular flexibility index (Phi) is 4.74. The molecule has 0 bridgehead atoms. The third-order valence-electron chi connectivity index (χ3n) is 3.90.